The summed E-state index contributed by atoms with van der Waals surface area (Å²) in [4.78, 5) is 12.3. The van der Waals surface area contributed by atoms with Crippen LogP contribution in [0.25, 0.3) is 0 Å². The average molecular weight is 329 g/mol. The van der Waals surface area contributed by atoms with Crippen LogP contribution < -0.4 is 14.8 Å². The molecule has 1 atom stereocenters. The first-order valence-electron chi connectivity index (χ1n) is 7.09. The molecule has 0 aromatic heterocycles. The Bertz CT molecular complexity index is 581. The first-order valence-corrected chi connectivity index (χ1v) is 8.70. The Kier molecular flexibility index (Phi) is 5.45. The lowest BCUT2D eigenvalue weighted by Gasteiger charge is -2.22. The number of ether oxygens (including phenoxy) is 2. The van der Waals surface area contributed by atoms with Gasteiger partial charge in [0, 0.05) is 11.8 Å². The third kappa shape index (κ3) is 3.61. The molecule has 1 unspecified atom stereocenters. The third-order valence-electron chi connectivity index (χ3n) is 3.11. The molecular formula is C14H20NO6P. The maximum atomic E-state index is 12.6. The molecule has 1 aliphatic rings. The minimum Gasteiger partial charge on any atom is -0.454 e. The molecule has 0 bridgehead atoms. The average Bonchev–Trinajstić information content (AvgIpc) is 2.94. The molecular weight excluding hydrogens is 309 g/mol. The molecule has 1 N–H and O–H groups in total. The van der Waals surface area contributed by atoms with Crippen LogP contribution in [-0.4, -0.2) is 31.6 Å². The van der Waals surface area contributed by atoms with E-state index in [9.17, 15) is 9.36 Å². The summed E-state index contributed by atoms with van der Waals surface area (Å²) < 4.78 is 33.4. The van der Waals surface area contributed by atoms with Crippen molar-refractivity contribution in [3.8, 4) is 11.5 Å². The Balaban J connectivity index is 2.08. The van der Waals surface area contributed by atoms with Crippen LogP contribution in [0.15, 0.2) is 18.2 Å². The normalized spacial score (nSPS) is 14.7. The van der Waals surface area contributed by atoms with Crippen molar-refractivity contribution >= 4 is 19.2 Å². The zero-order valence-electron chi connectivity index (χ0n) is 12.8. The molecule has 1 aromatic carbocycles. The lowest BCUT2D eigenvalue weighted by molar-refractivity contribution is -0.116. The Hall–Kier alpha value is -1.56. The summed E-state index contributed by atoms with van der Waals surface area (Å²) in [5.41, 5.74) is -0.390. The van der Waals surface area contributed by atoms with E-state index in [-0.39, 0.29) is 20.0 Å². The molecule has 1 heterocycles. The molecule has 0 spiro atoms. The molecule has 0 saturated carbocycles. The zero-order valence-corrected chi connectivity index (χ0v) is 13.7. The van der Waals surface area contributed by atoms with Gasteiger partial charge in [0.2, 0.25) is 12.7 Å². The van der Waals surface area contributed by atoms with Crippen LogP contribution in [0.3, 0.4) is 0 Å². The van der Waals surface area contributed by atoms with Crippen molar-refractivity contribution in [3.05, 3.63) is 18.2 Å². The van der Waals surface area contributed by atoms with E-state index in [2.05, 4.69) is 5.32 Å². The second-order valence-electron chi connectivity index (χ2n) is 4.61. The number of amides is 1. The lowest BCUT2D eigenvalue weighted by Crippen LogP contribution is -2.27. The summed E-state index contributed by atoms with van der Waals surface area (Å²) in [5, 5.41) is 2.69. The summed E-state index contributed by atoms with van der Waals surface area (Å²) >= 11 is 0. The number of benzene rings is 1. The van der Waals surface area contributed by atoms with E-state index < -0.39 is 19.2 Å². The predicted molar refractivity (Wildman–Crippen MR) is 81.5 cm³/mol. The largest absolute Gasteiger partial charge is 0.454 e. The van der Waals surface area contributed by atoms with Gasteiger partial charge in [-0.3, -0.25) is 9.36 Å². The van der Waals surface area contributed by atoms with E-state index in [4.69, 9.17) is 18.5 Å². The smallest absolute Gasteiger partial charge is 0.342 e. The van der Waals surface area contributed by atoms with Gasteiger partial charge in [0.1, 0.15) is 5.66 Å². The van der Waals surface area contributed by atoms with Crippen LogP contribution in [0.4, 0.5) is 5.69 Å². The van der Waals surface area contributed by atoms with Gasteiger partial charge in [-0.15, -0.1) is 0 Å². The number of carbonyl (C=O) groups is 1. The molecule has 0 radical (unpaired) electrons. The first-order chi connectivity index (χ1) is 10.5. The fourth-order valence-corrected chi connectivity index (χ4v) is 3.58. The zero-order chi connectivity index (χ0) is 16.2. The van der Waals surface area contributed by atoms with Crippen LogP contribution in [0, 0.1) is 0 Å². The topological polar surface area (TPSA) is 83.1 Å². The molecule has 1 amide bonds. The summed E-state index contributed by atoms with van der Waals surface area (Å²) in [6.45, 7) is 5.50. The summed E-state index contributed by atoms with van der Waals surface area (Å²) in [5.74, 6) is 0.743. The van der Waals surface area contributed by atoms with Crippen molar-refractivity contribution < 1.29 is 27.9 Å². The van der Waals surface area contributed by atoms with Crippen LogP contribution in [0.2, 0.25) is 0 Å². The molecule has 2 rings (SSSR count). The summed E-state index contributed by atoms with van der Waals surface area (Å²) in [6, 6.07) is 5.04. The second kappa shape index (κ2) is 7.13. The van der Waals surface area contributed by atoms with Crippen molar-refractivity contribution in [1.29, 1.82) is 0 Å². The molecule has 0 saturated heterocycles. The van der Waals surface area contributed by atoms with Crippen LogP contribution in [-0.2, 0) is 18.4 Å². The van der Waals surface area contributed by atoms with Crippen molar-refractivity contribution in [1.82, 2.24) is 0 Å². The Morgan fingerprint density at radius 3 is 2.55 bits per heavy atom. The van der Waals surface area contributed by atoms with Crippen LogP contribution in [0.1, 0.15) is 20.8 Å². The third-order valence-corrected chi connectivity index (χ3v) is 5.53. The highest BCUT2D eigenvalue weighted by atomic mass is 31.2. The molecule has 1 aromatic rings. The number of anilines is 1. The van der Waals surface area contributed by atoms with Gasteiger partial charge in [0.25, 0.3) is 0 Å². The second-order valence-corrected chi connectivity index (χ2v) is 6.98. The Morgan fingerprint density at radius 2 is 1.91 bits per heavy atom. The maximum Gasteiger partial charge on any atom is 0.342 e. The number of carbonyl (C=O) groups excluding carboxylic acids is 1. The molecule has 22 heavy (non-hydrogen) atoms. The highest BCUT2D eigenvalue weighted by Gasteiger charge is 2.37. The highest BCUT2D eigenvalue weighted by Crippen LogP contribution is 2.53. The predicted octanol–water partition coefficient (Wildman–Crippen LogP) is 3.01. The SMILES string of the molecule is CCOP(=O)(OCC)C(C)C(=O)Nc1ccc2c(c1)OCO2. The van der Waals surface area contributed by atoms with Gasteiger partial charge in [0.05, 0.1) is 13.2 Å². The van der Waals surface area contributed by atoms with Crippen molar-refractivity contribution in [2.75, 3.05) is 25.3 Å². The van der Waals surface area contributed by atoms with Crippen LogP contribution >= 0.6 is 7.60 Å². The van der Waals surface area contributed by atoms with E-state index in [0.717, 1.165) is 0 Å². The van der Waals surface area contributed by atoms with Gasteiger partial charge in [-0.05, 0) is 32.9 Å². The van der Waals surface area contributed by atoms with Gasteiger partial charge in [-0.1, -0.05) is 0 Å². The lowest BCUT2D eigenvalue weighted by atomic mass is 10.2. The van der Waals surface area contributed by atoms with Crippen molar-refractivity contribution in [2.45, 2.75) is 26.4 Å². The highest BCUT2D eigenvalue weighted by molar-refractivity contribution is 7.55. The Morgan fingerprint density at radius 1 is 1.27 bits per heavy atom. The van der Waals surface area contributed by atoms with E-state index >= 15 is 0 Å². The monoisotopic (exact) mass is 329 g/mol. The summed E-state index contributed by atoms with van der Waals surface area (Å²) in [7, 11) is -3.49. The van der Waals surface area contributed by atoms with Gasteiger partial charge in [-0.25, -0.2) is 0 Å². The number of nitrogens with one attached hydrogen (secondary N) is 1. The molecule has 0 fully saturated rings. The molecule has 8 heteroatoms. The fourth-order valence-electron chi connectivity index (χ4n) is 1.99. The molecule has 7 nitrogen and oxygen atoms in total. The van der Waals surface area contributed by atoms with Crippen LogP contribution in [0.5, 0.6) is 11.5 Å². The van der Waals surface area contributed by atoms with Gasteiger partial charge in [0.15, 0.2) is 11.5 Å². The van der Waals surface area contributed by atoms with E-state index in [0.29, 0.717) is 17.2 Å². The molecule has 122 valence electrons. The number of hydrogen-bond donors (Lipinski definition) is 1. The minimum atomic E-state index is -3.49. The van der Waals surface area contributed by atoms with Gasteiger partial charge >= 0.3 is 7.60 Å². The quantitative estimate of drug-likeness (QED) is 0.774. The Labute approximate surface area is 129 Å². The van der Waals surface area contributed by atoms with Gasteiger partial charge in [-0.2, -0.15) is 0 Å². The van der Waals surface area contributed by atoms with Crippen molar-refractivity contribution in [2.24, 2.45) is 0 Å². The number of rotatable bonds is 7. The number of fused-ring (bicyclic) bond motifs is 1. The maximum absolute atomic E-state index is 12.6. The van der Waals surface area contributed by atoms with Gasteiger partial charge < -0.3 is 23.8 Å². The minimum absolute atomic E-state index is 0.160. The molecule has 0 aliphatic carbocycles. The standard InChI is InChI=1S/C14H20NO6P/c1-4-20-22(17,21-5-2)10(3)14(16)15-11-6-7-12-13(8-11)19-9-18-12/h6-8,10H,4-5,9H2,1-3H3,(H,15,16). The van der Waals surface area contributed by atoms with Crippen molar-refractivity contribution in [3.63, 3.8) is 0 Å². The fraction of sp³-hybridized carbons (Fsp3) is 0.500. The van der Waals surface area contributed by atoms with E-state index in [1.165, 1.54) is 6.92 Å². The number of hydrogen-bond acceptors (Lipinski definition) is 6. The first kappa shape index (κ1) is 16.8. The van der Waals surface area contributed by atoms with E-state index in [1.807, 2.05) is 0 Å². The molecule has 1 aliphatic heterocycles. The summed E-state index contributed by atoms with van der Waals surface area (Å²) in [6.07, 6.45) is 0. The van der Waals surface area contributed by atoms with E-state index in [1.54, 1.807) is 32.0 Å².